The largest absolute Gasteiger partial charge is 0.497 e. The summed E-state index contributed by atoms with van der Waals surface area (Å²) >= 11 is 1.22. The lowest BCUT2D eigenvalue weighted by Crippen LogP contribution is -2.21. The highest BCUT2D eigenvalue weighted by Gasteiger charge is 2.19. The number of nitrogens with zero attached hydrogens (tertiary/aromatic N) is 5. The Bertz CT molecular complexity index is 1540. The minimum Gasteiger partial charge on any atom is -0.497 e. The summed E-state index contributed by atoms with van der Waals surface area (Å²) in [6.07, 6.45) is 0. The third kappa shape index (κ3) is 6.73. The predicted molar refractivity (Wildman–Crippen MR) is 156 cm³/mol. The Morgan fingerprint density at radius 2 is 1.77 bits per heavy atom. The van der Waals surface area contributed by atoms with Gasteiger partial charge in [0.25, 0.3) is 11.6 Å². The first-order valence-corrected chi connectivity index (χ1v) is 13.5. The van der Waals surface area contributed by atoms with Crippen LogP contribution >= 0.6 is 11.8 Å². The van der Waals surface area contributed by atoms with E-state index in [1.54, 1.807) is 26.2 Å². The van der Waals surface area contributed by atoms with E-state index >= 15 is 0 Å². The molecular weight excluding hydrogens is 528 g/mol. The minimum atomic E-state index is -0.474. The van der Waals surface area contributed by atoms with Crippen molar-refractivity contribution in [1.82, 2.24) is 20.2 Å². The summed E-state index contributed by atoms with van der Waals surface area (Å²) in [4.78, 5) is 23.2. The molecule has 3 aromatic carbocycles. The molecule has 4 rings (SSSR count). The molecule has 0 bridgehead atoms. The molecule has 0 radical (unpaired) electrons. The monoisotopic (exact) mass is 558 g/mol. The lowest BCUT2D eigenvalue weighted by molar-refractivity contribution is -0.384. The number of amides is 1. The van der Waals surface area contributed by atoms with E-state index in [1.165, 1.54) is 29.5 Å². The number of rotatable bonds is 9. The highest BCUT2D eigenvalue weighted by atomic mass is 32.2. The molecule has 0 atom stereocenters. The van der Waals surface area contributed by atoms with Gasteiger partial charge in [-0.05, 0) is 42.2 Å². The van der Waals surface area contributed by atoms with Crippen molar-refractivity contribution in [3.05, 3.63) is 94.0 Å². The Balaban J connectivity index is 1.55. The van der Waals surface area contributed by atoms with Gasteiger partial charge in [0.1, 0.15) is 5.75 Å². The van der Waals surface area contributed by atoms with Crippen molar-refractivity contribution in [2.75, 3.05) is 12.9 Å². The van der Waals surface area contributed by atoms with Crippen molar-refractivity contribution < 1.29 is 14.5 Å². The second-order valence-corrected chi connectivity index (χ2v) is 10.9. The highest BCUT2D eigenvalue weighted by molar-refractivity contribution is 7.99. The van der Waals surface area contributed by atoms with Crippen LogP contribution in [0.25, 0.3) is 17.1 Å². The average Bonchev–Trinajstić information content (AvgIpc) is 3.38. The molecule has 0 aliphatic heterocycles. The second-order valence-electron chi connectivity index (χ2n) is 10.00. The van der Waals surface area contributed by atoms with E-state index in [0.29, 0.717) is 22.3 Å². The summed E-state index contributed by atoms with van der Waals surface area (Å²) in [5.74, 6) is 1.05. The van der Waals surface area contributed by atoms with Crippen LogP contribution in [0.1, 0.15) is 38.8 Å². The molecule has 4 aromatic rings. The molecule has 0 aliphatic rings. The van der Waals surface area contributed by atoms with Crippen LogP contribution in [-0.4, -0.2) is 44.2 Å². The molecule has 1 N–H and O–H groups in total. The third-order valence-electron chi connectivity index (χ3n) is 6.13. The molecule has 0 unspecified atom stereocenters. The van der Waals surface area contributed by atoms with Crippen molar-refractivity contribution in [1.29, 1.82) is 0 Å². The number of ether oxygens (including phenoxy) is 1. The smallest absolute Gasteiger partial charge is 0.270 e. The van der Waals surface area contributed by atoms with Gasteiger partial charge in [-0.2, -0.15) is 5.10 Å². The van der Waals surface area contributed by atoms with Gasteiger partial charge in [0.05, 0.1) is 23.5 Å². The fraction of sp³-hybridized carbons (Fsp3) is 0.241. The number of hydrogen-bond donors (Lipinski definition) is 1. The van der Waals surface area contributed by atoms with E-state index in [1.807, 2.05) is 41.0 Å². The zero-order valence-electron chi connectivity index (χ0n) is 22.9. The lowest BCUT2D eigenvalue weighted by atomic mass is 9.87. The van der Waals surface area contributed by atoms with Gasteiger partial charge in [-0.15, -0.1) is 10.2 Å². The first-order valence-electron chi connectivity index (χ1n) is 12.5. The van der Waals surface area contributed by atoms with Crippen LogP contribution in [-0.2, 0) is 10.2 Å². The molecule has 0 spiro atoms. The van der Waals surface area contributed by atoms with Crippen molar-refractivity contribution in [2.24, 2.45) is 5.10 Å². The highest BCUT2D eigenvalue weighted by Crippen LogP contribution is 2.30. The molecule has 10 nitrogen and oxygen atoms in total. The SMILES string of the molecule is COc1ccc(-n2c(SCC(=O)N/N=C(/C)c3cccc([N+](=O)[O-])c3)nnc2-c2ccc(C(C)(C)C)cc2)cc1. The number of aromatic nitrogens is 3. The molecule has 0 aliphatic carbocycles. The molecule has 40 heavy (non-hydrogen) atoms. The van der Waals surface area contributed by atoms with Gasteiger partial charge in [0.15, 0.2) is 11.0 Å². The van der Waals surface area contributed by atoms with Crippen LogP contribution < -0.4 is 10.2 Å². The zero-order chi connectivity index (χ0) is 28.9. The predicted octanol–water partition coefficient (Wildman–Crippen LogP) is 5.78. The summed E-state index contributed by atoms with van der Waals surface area (Å²) in [6, 6.07) is 21.8. The van der Waals surface area contributed by atoms with Gasteiger partial charge in [0, 0.05) is 28.9 Å². The number of methoxy groups -OCH3 is 1. The maximum absolute atomic E-state index is 12.6. The maximum Gasteiger partial charge on any atom is 0.270 e. The van der Waals surface area contributed by atoms with Gasteiger partial charge < -0.3 is 4.74 Å². The van der Waals surface area contributed by atoms with Gasteiger partial charge in [-0.25, -0.2) is 5.43 Å². The standard InChI is InChI=1S/C29H30N6O4S/c1-19(21-7-6-8-24(17-21)35(37)38)30-31-26(36)18-40-28-33-32-27(20-9-11-22(12-10-20)29(2,3)4)34(28)23-13-15-25(39-5)16-14-23/h6-17H,18H2,1-5H3,(H,31,36)/b30-19-. The number of thioether (sulfide) groups is 1. The lowest BCUT2D eigenvalue weighted by Gasteiger charge is -2.19. The molecule has 1 amide bonds. The van der Waals surface area contributed by atoms with Crippen LogP contribution in [0.3, 0.4) is 0 Å². The number of carbonyl (C=O) groups excluding carboxylic acids is 1. The Morgan fingerprint density at radius 3 is 2.40 bits per heavy atom. The van der Waals surface area contributed by atoms with Crippen molar-refractivity contribution in [3.8, 4) is 22.8 Å². The van der Waals surface area contributed by atoms with Crippen molar-refractivity contribution in [3.63, 3.8) is 0 Å². The van der Waals surface area contributed by atoms with E-state index in [4.69, 9.17) is 4.74 Å². The molecule has 1 heterocycles. The average molecular weight is 559 g/mol. The number of non-ortho nitro benzene ring substituents is 1. The number of hydrogen-bond acceptors (Lipinski definition) is 8. The summed E-state index contributed by atoms with van der Waals surface area (Å²) < 4.78 is 7.21. The maximum atomic E-state index is 12.6. The van der Waals surface area contributed by atoms with Crippen molar-refractivity contribution in [2.45, 2.75) is 38.3 Å². The molecule has 0 fully saturated rings. The minimum absolute atomic E-state index is 0.0205. The Labute approximate surface area is 236 Å². The topological polar surface area (TPSA) is 125 Å². The number of nitrogens with one attached hydrogen (secondary N) is 1. The fourth-order valence-electron chi connectivity index (χ4n) is 3.85. The molecule has 0 saturated carbocycles. The van der Waals surface area contributed by atoms with Crippen LogP contribution in [0.2, 0.25) is 0 Å². The Hall–Kier alpha value is -4.51. The van der Waals surface area contributed by atoms with E-state index < -0.39 is 4.92 Å². The third-order valence-corrected chi connectivity index (χ3v) is 7.06. The van der Waals surface area contributed by atoms with Crippen LogP contribution in [0.5, 0.6) is 5.75 Å². The van der Waals surface area contributed by atoms with Gasteiger partial charge in [-0.1, -0.05) is 68.9 Å². The number of nitro groups is 1. The molecule has 1 aromatic heterocycles. The number of benzene rings is 3. The van der Waals surface area contributed by atoms with Crippen LogP contribution in [0, 0.1) is 10.1 Å². The zero-order valence-corrected chi connectivity index (χ0v) is 23.7. The van der Waals surface area contributed by atoms with E-state index in [9.17, 15) is 14.9 Å². The van der Waals surface area contributed by atoms with Gasteiger partial charge in [0.2, 0.25) is 0 Å². The number of carbonyl (C=O) groups is 1. The summed E-state index contributed by atoms with van der Waals surface area (Å²) in [6.45, 7) is 8.16. The fourth-order valence-corrected chi connectivity index (χ4v) is 4.60. The van der Waals surface area contributed by atoms with Gasteiger partial charge >= 0.3 is 0 Å². The van der Waals surface area contributed by atoms with Crippen molar-refractivity contribution >= 4 is 29.1 Å². The summed E-state index contributed by atoms with van der Waals surface area (Å²) in [5, 5.41) is 24.5. The number of nitro benzene ring substituents is 1. The van der Waals surface area contributed by atoms with E-state index in [0.717, 1.165) is 17.0 Å². The van der Waals surface area contributed by atoms with E-state index in [-0.39, 0.29) is 22.8 Å². The van der Waals surface area contributed by atoms with Gasteiger partial charge in [-0.3, -0.25) is 19.5 Å². The normalized spacial score (nSPS) is 11.8. The molecule has 11 heteroatoms. The number of hydrazone groups is 1. The Morgan fingerprint density at radius 1 is 1.07 bits per heavy atom. The van der Waals surface area contributed by atoms with Crippen LogP contribution in [0.4, 0.5) is 5.69 Å². The first kappa shape index (κ1) is 28.5. The Kier molecular flexibility index (Phi) is 8.64. The quantitative estimate of drug-likeness (QED) is 0.119. The van der Waals surface area contributed by atoms with Crippen LogP contribution in [0.15, 0.2) is 83.1 Å². The summed E-state index contributed by atoms with van der Waals surface area (Å²) in [5.41, 5.74) is 6.41. The second kappa shape index (κ2) is 12.1. The molecule has 206 valence electrons. The van der Waals surface area contributed by atoms with E-state index in [2.05, 4.69) is 53.6 Å². The first-order chi connectivity index (χ1) is 19.1. The molecule has 0 saturated heterocycles. The molecular formula is C29H30N6O4S. The summed E-state index contributed by atoms with van der Waals surface area (Å²) in [7, 11) is 1.61.